The molecular weight excluding hydrogens is 441 g/mol. The maximum Gasteiger partial charge on any atom is 0.158 e. The third-order valence-electron chi connectivity index (χ3n) is 5.23. The number of anilines is 2. The molecule has 6 nitrogen and oxygen atoms in total. The third-order valence-corrected chi connectivity index (χ3v) is 6.26. The summed E-state index contributed by atoms with van der Waals surface area (Å²) in [5.74, 6) is 0.996. The van der Waals surface area contributed by atoms with Crippen LogP contribution in [0.1, 0.15) is 36.9 Å². The second-order valence-electron chi connectivity index (χ2n) is 7.34. The lowest BCUT2D eigenvalue weighted by Crippen LogP contribution is -2.53. The second-order valence-corrected chi connectivity index (χ2v) is 8.43. The van der Waals surface area contributed by atoms with Crippen molar-refractivity contribution in [3.63, 3.8) is 0 Å². The van der Waals surface area contributed by atoms with Crippen LogP contribution in [-0.4, -0.2) is 55.1 Å². The van der Waals surface area contributed by atoms with E-state index in [9.17, 15) is 0 Å². The van der Waals surface area contributed by atoms with Gasteiger partial charge in [0.2, 0.25) is 0 Å². The normalized spacial score (nSPS) is 17.5. The van der Waals surface area contributed by atoms with Crippen molar-refractivity contribution in [2.75, 3.05) is 38.7 Å². The number of ether oxygens (including phenoxy) is 1. The van der Waals surface area contributed by atoms with Gasteiger partial charge in [-0.25, -0.2) is 9.98 Å². The number of benzene rings is 1. The second kappa shape index (κ2) is 11.9. The number of nitrogens with one attached hydrogen (secondary N) is 2. The Balaban J connectivity index is 0.00000160. The Bertz CT molecular complexity index is 845. The van der Waals surface area contributed by atoms with Crippen LogP contribution in [0.4, 0.5) is 16.4 Å². The molecule has 0 spiro atoms. The van der Waals surface area contributed by atoms with Crippen LogP contribution in [0.25, 0.3) is 0 Å². The Morgan fingerprint density at radius 2 is 2.10 bits per heavy atom. The first-order valence-corrected chi connectivity index (χ1v) is 11.0. The van der Waals surface area contributed by atoms with Gasteiger partial charge in [-0.1, -0.05) is 25.5 Å². The predicted molar refractivity (Wildman–Crippen MR) is 131 cm³/mol. The number of halogens is 2. The number of methoxy groups -OCH3 is 1. The zero-order chi connectivity index (χ0) is 19.3. The molecule has 0 saturated carbocycles. The average Bonchev–Trinajstić information content (AvgIpc) is 3.05. The number of unbranched alkanes of at least 4 members (excludes halogenated alkanes) is 1. The van der Waals surface area contributed by atoms with E-state index in [4.69, 9.17) is 14.7 Å². The first-order valence-electron chi connectivity index (χ1n) is 10.2. The molecule has 3 heterocycles. The van der Waals surface area contributed by atoms with E-state index in [0.29, 0.717) is 6.04 Å². The molecule has 0 amide bonds. The van der Waals surface area contributed by atoms with Gasteiger partial charge in [-0.2, -0.15) is 0 Å². The summed E-state index contributed by atoms with van der Waals surface area (Å²) in [7, 11) is 1.76. The summed E-state index contributed by atoms with van der Waals surface area (Å²) in [5, 5.41) is 9.50. The quantitative estimate of drug-likeness (QED) is 0.634. The third kappa shape index (κ3) is 5.65. The van der Waals surface area contributed by atoms with Gasteiger partial charge >= 0.3 is 0 Å². The number of piperazine rings is 1. The summed E-state index contributed by atoms with van der Waals surface area (Å²) < 4.78 is 5.28. The van der Waals surface area contributed by atoms with Gasteiger partial charge in [0.25, 0.3) is 0 Å². The molecule has 1 atom stereocenters. The van der Waals surface area contributed by atoms with Crippen molar-refractivity contribution >= 4 is 58.4 Å². The smallest absolute Gasteiger partial charge is 0.158 e. The number of aryl methyl sites for hydroxylation is 1. The van der Waals surface area contributed by atoms with Gasteiger partial charge in [-0.3, -0.25) is 0 Å². The Morgan fingerprint density at radius 3 is 2.90 bits per heavy atom. The summed E-state index contributed by atoms with van der Waals surface area (Å²) in [4.78, 5) is 12.5. The molecule has 4 rings (SSSR count). The molecule has 1 aromatic carbocycles. The van der Waals surface area contributed by atoms with Crippen molar-refractivity contribution in [1.82, 2.24) is 15.2 Å². The molecule has 1 unspecified atom stereocenters. The minimum atomic E-state index is 0. The highest BCUT2D eigenvalue weighted by molar-refractivity contribution is 7.16. The van der Waals surface area contributed by atoms with E-state index in [-0.39, 0.29) is 24.8 Å². The van der Waals surface area contributed by atoms with Crippen molar-refractivity contribution < 1.29 is 4.74 Å². The minimum absolute atomic E-state index is 0. The molecule has 1 saturated heterocycles. The van der Waals surface area contributed by atoms with Crippen LogP contribution < -0.4 is 10.6 Å². The first kappa shape index (κ1) is 24.9. The van der Waals surface area contributed by atoms with Gasteiger partial charge in [0.15, 0.2) is 5.84 Å². The van der Waals surface area contributed by atoms with Crippen molar-refractivity contribution in [3.8, 4) is 0 Å². The first-order chi connectivity index (χ1) is 13.8. The molecular formula is C21H31Cl2N5OS. The van der Waals surface area contributed by atoms with Crippen LogP contribution in [0.15, 0.2) is 29.3 Å². The summed E-state index contributed by atoms with van der Waals surface area (Å²) in [6.07, 6.45) is 4.38. The zero-order valence-corrected chi connectivity index (χ0v) is 20.0. The maximum absolute atomic E-state index is 5.28. The highest BCUT2D eigenvalue weighted by atomic mass is 35.5. The van der Waals surface area contributed by atoms with Gasteiger partial charge in [0.1, 0.15) is 10.7 Å². The van der Waals surface area contributed by atoms with Crippen LogP contribution in [0.3, 0.4) is 0 Å². The number of hydrogen-bond donors (Lipinski definition) is 2. The number of rotatable bonds is 6. The Morgan fingerprint density at radius 1 is 1.27 bits per heavy atom. The van der Waals surface area contributed by atoms with Crippen LogP contribution in [0.2, 0.25) is 0 Å². The van der Waals surface area contributed by atoms with Crippen molar-refractivity contribution in [1.29, 1.82) is 0 Å². The Kier molecular flexibility index (Phi) is 9.84. The van der Waals surface area contributed by atoms with E-state index in [2.05, 4.69) is 40.7 Å². The molecule has 2 N–H and O–H groups in total. The number of fused-ring (bicyclic) bond motifs is 2. The average molecular weight is 472 g/mol. The summed E-state index contributed by atoms with van der Waals surface area (Å²) in [6, 6.07) is 8.67. The molecule has 9 heteroatoms. The fraction of sp³-hybridized carbons (Fsp3) is 0.524. The standard InChI is InChI=1S/C21H29N5OS.2ClH/c1-3-4-9-18-25-19-20(26-12-11-22-15(14-26)10-13-27-2)23-16-7-5-6-8-17(16)24-21(19)28-18;;/h5-8,15,22,24H,3-4,9-14H2,1-2H3;2*1H. The summed E-state index contributed by atoms with van der Waals surface area (Å²) in [6.45, 7) is 5.80. The molecule has 0 aliphatic carbocycles. The number of para-hydroxylation sites is 2. The number of thiazole rings is 1. The lowest BCUT2D eigenvalue weighted by atomic mass is 10.1. The van der Waals surface area contributed by atoms with Gasteiger partial charge < -0.3 is 20.3 Å². The highest BCUT2D eigenvalue weighted by Crippen LogP contribution is 2.38. The molecule has 2 aliphatic heterocycles. The van der Waals surface area contributed by atoms with Crippen molar-refractivity contribution in [2.24, 2.45) is 4.99 Å². The van der Waals surface area contributed by atoms with Crippen LogP contribution in [0, 0.1) is 0 Å². The lowest BCUT2D eigenvalue weighted by Gasteiger charge is -2.35. The highest BCUT2D eigenvalue weighted by Gasteiger charge is 2.28. The van der Waals surface area contributed by atoms with E-state index in [1.807, 2.05) is 6.07 Å². The molecule has 2 aromatic rings. The van der Waals surface area contributed by atoms with E-state index in [1.165, 1.54) is 17.8 Å². The van der Waals surface area contributed by atoms with E-state index >= 15 is 0 Å². The van der Waals surface area contributed by atoms with Gasteiger partial charge in [-0.05, 0) is 31.4 Å². The molecule has 1 aromatic heterocycles. The molecule has 1 fully saturated rings. The van der Waals surface area contributed by atoms with Crippen LogP contribution >= 0.6 is 36.2 Å². The molecule has 0 radical (unpaired) electrons. The molecule has 2 aliphatic rings. The molecule has 30 heavy (non-hydrogen) atoms. The maximum atomic E-state index is 5.28. The van der Waals surface area contributed by atoms with Gasteiger partial charge in [0.05, 0.1) is 16.4 Å². The van der Waals surface area contributed by atoms with Crippen LogP contribution in [-0.2, 0) is 11.2 Å². The van der Waals surface area contributed by atoms with Crippen molar-refractivity contribution in [3.05, 3.63) is 35.0 Å². The van der Waals surface area contributed by atoms with E-state index < -0.39 is 0 Å². The Hall–Kier alpha value is -1.38. The minimum Gasteiger partial charge on any atom is -0.385 e. The number of aromatic nitrogens is 1. The summed E-state index contributed by atoms with van der Waals surface area (Å²) >= 11 is 1.77. The SMILES string of the molecule is CCCCc1nc2c(s1)Nc1ccccc1N=C2N1CCNC(CCOC)C1.Cl.Cl. The van der Waals surface area contributed by atoms with E-state index in [1.54, 1.807) is 18.4 Å². The van der Waals surface area contributed by atoms with Gasteiger partial charge in [-0.15, -0.1) is 36.2 Å². The zero-order valence-electron chi connectivity index (χ0n) is 17.5. The number of aliphatic imine (C=N–C) groups is 1. The lowest BCUT2D eigenvalue weighted by molar-refractivity contribution is 0.168. The number of nitrogens with zero attached hydrogens (tertiary/aromatic N) is 3. The summed E-state index contributed by atoms with van der Waals surface area (Å²) in [5.41, 5.74) is 3.03. The predicted octanol–water partition coefficient (Wildman–Crippen LogP) is 4.77. The number of hydrogen-bond acceptors (Lipinski definition) is 7. The molecule has 166 valence electrons. The van der Waals surface area contributed by atoms with Gasteiger partial charge in [0, 0.05) is 39.4 Å². The number of amidine groups is 1. The van der Waals surface area contributed by atoms with Crippen molar-refractivity contribution in [2.45, 2.75) is 38.6 Å². The monoisotopic (exact) mass is 471 g/mol. The largest absolute Gasteiger partial charge is 0.385 e. The topological polar surface area (TPSA) is 61.8 Å². The molecule has 0 bridgehead atoms. The Labute approximate surface area is 195 Å². The van der Waals surface area contributed by atoms with Crippen LogP contribution in [0.5, 0.6) is 0 Å². The van der Waals surface area contributed by atoms with E-state index in [0.717, 1.165) is 67.0 Å². The fourth-order valence-corrected chi connectivity index (χ4v) is 4.71. The fourth-order valence-electron chi connectivity index (χ4n) is 3.69.